The van der Waals surface area contributed by atoms with Gasteiger partial charge in [-0.1, -0.05) is 6.07 Å². The van der Waals surface area contributed by atoms with E-state index in [4.69, 9.17) is 18.6 Å². The van der Waals surface area contributed by atoms with Crippen molar-refractivity contribution in [3.05, 3.63) is 70.4 Å². The number of phenols is 6. The van der Waals surface area contributed by atoms with Crippen LogP contribution < -0.4 is 10.2 Å². The van der Waals surface area contributed by atoms with Crippen LogP contribution in [0.3, 0.4) is 0 Å². The van der Waals surface area contributed by atoms with Gasteiger partial charge in [-0.25, -0.2) is 4.79 Å². The van der Waals surface area contributed by atoms with Gasteiger partial charge in [0.05, 0.1) is 0 Å². The topological polar surface area (TPSA) is 257 Å². The normalized spacial score (nSPS) is 21.6. The number of carbonyl (C=O) groups excluding carboxylic acids is 1. The molecule has 4 aromatic rings. The van der Waals surface area contributed by atoms with Crippen LogP contribution in [0, 0.1) is 0 Å². The Morgan fingerprint density at radius 1 is 0.800 bits per heavy atom. The monoisotopic (exact) mass is 626 g/mol. The number of fused-ring (bicyclic) bond motifs is 1. The molecule has 9 N–H and O–H groups in total. The van der Waals surface area contributed by atoms with Crippen LogP contribution in [-0.4, -0.2) is 89.2 Å². The molecular weight excluding hydrogens is 600 g/mol. The number of phenolic OH excluding ortho intramolecular Hbond substituents is 6. The highest BCUT2D eigenvalue weighted by molar-refractivity contribution is 5.89. The van der Waals surface area contributed by atoms with E-state index in [-0.39, 0.29) is 22.7 Å². The lowest BCUT2D eigenvalue weighted by molar-refractivity contribution is -0.278. The SMILES string of the molecule is O=C(C=Cc1ccc(O)c(O)c1)OCC1OC(Oc2cc3oc(-c4ccc(O)c(O)c4)cc(=O)c3c(O)c2O)C(O)C(O)C1O. The van der Waals surface area contributed by atoms with E-state index in [1.165, 1.54) is 30.3 Å². The number of ether oxygens (including phenoxy) is 3. The summed E-state index contributed by atoms with van der Waals surface area (Å²) in [7, 11) is 0. The number of aliphatic hydroxyl groups excluding tert-OH is 3. The van der Waals surface area contributed by atoms with Gasteiger partial charge < -0.3 is 64.6 Å². The third-order valence-electron chi connectivity index (χ3n) is 6.90. The molecule has 45 heavy (non-hydrogen) atoms. The second kappa shape index (κ2) is 12.3. The van der Waals surface area contributed by atoms with Crippen LogP contribution in [0.25, 0.3) is 28.4 Å². The number of hydrogen-bond acceptors (Lipinski definition) is 15. The first-order chi connectivity index (χ1) is 21.3. The maximum Gasteiger partial charge on any atom is 0.330 e. The lowest BCUT2D eigenvalue weighted by Gasteiger charge is -2.39. The molecule has 1 fully saturated rings. The molecular formula is C30H26O15. The standard InChI is InChI=1S/C30H26O15/c31-14-4-1-12(7-16(14)33)2-6-23(36)42-11-22-26(38)28(40)29(41)30(45-22)44-21-10-20-24(27(39)25(21)37)18(35)9-19(43-20)13-3-5-15(32)17(34)8-13/h1-10,22,26,28-34,37-41H,11H2. The average Bonchev–Trinajstić information content (AvgIpc) is 3.00. The molecule has 1 saturated heterocycles. The van der Waals surface area contributed by atoms with Crippen LogP contribution >= 0.6 is 0 Å². The molecule has 2 heterocycles. The lowest BCUT2D eigenvalue weighted by atomic mass is 9.99. The Kier molecular flexibility index (Phi) is 8.43. The van der Waals surface area contributed by atoms with Crippen molar-refractivity contribution in [1.29, 1.82) is 0 Å². The summed E-state index contributed by atoms with van der Waals surface area (Å²) in [6.07, 6.45) is -6.56. The van der Waals surface area contributed by atoms with Gasteiger partial charge in [-0.3, -0.25) is 4.79 Å². The van der Waals surface area contributed by atoms with E-state index >= 15 is 0 Å². The average molecular weight is 627 g/mol. The number of aliphatic hydroxyl groups is 3. The molecule has 236 valence electrons. The quantitative estimate of drug-likeness (QED) is 0.0791. The molecule has 1 aliphatic rings. The first-order valence-corrected chi connectivity index (χ1v) is 13.1. The highest BCUT2D eigenvalue weighted by Crippen LogP contribution is 2.43. The molecule has 0 radical (unpaired) electrons. The summed E-state index contributed by atoms with van der Waals surface area (Å²) in [5, 5.41) is 90.3. The summed E-state index contributed by atoms with van der Waals surface area (Å²) < 4.78 is 21.7. The van der Waals surface area contributed by atoms with E-state index in [0.717, 1.165) is 30.3 Å². The lowest BCUT2D eigenvalue weighted by Crippen LogP contribution is -2.60. The Labute approximate surface area is 251 Å². The zero-order chi connectivity index (χ0) is 32.6. The smallest absolute Gasteiger partial charge is 0.330 e. The molecule has 3 aromatic carbocycles. The Morgan fingerprint density at radius 2 is 1.49 bits per heavy atom. The van der Waals surface area contributed by atoms with Crippen LogP contribution in [-0.2, 0) is 14.3 Å². The molecule has 1 aliphatic heterocycles. The summed E-state index contributed by atoms with van der Waals surface area (Å²) in [6.45, 7) is -0.637. The van der Waals surface area contributed by atoms with E-state index in [2.05, 4.69) is 0 Å². The molecule has 5 rings (SSSR count). The zero-order valence-electron chi connectivity index (χ0n) is 22.8. The number of rotatable bonds is 7. The third kappa shape index (κ3) is 6.27. The van der Waals surface area contributed by atoms with Gasteiger partial charge in [-0.15, -0.1) is 0 Å². The first kappa shape index (κ1) is 31.0. The number of esters is 1. The summed E-state index contributed by atoms with van der Waals surface area (Å²) in [4.78, 5) is 25.0. The molecule has 0 aliphatic carbocycles. The largest absolute Gasteiger partial charge is 0.504 e. The molecule has 15 heteroatoms. The Balaban J connectivity index is 1.35. The van der Waals surface area contributed by atoms with Gasteiger partial charge in [0.15, 0.2) is 39.9 Å². The van der Waals surface area contributed by atoms with Gasteiger partial charge in [0, 0.05) is 23.8 Å². The van der Waals surface area contributed by atoms with Gasteiger partial charge in [-0.05, 0) is 42.0 Å². The van der Waals surface area contributed by atoms with Gasteiger partial charge in [0.25, 0.3) is 0 Å². The van der Waals surface area contributed by atoms with Crippen LogP contribution in [0.5, 0.6) is 40.2 Å². The van der Waals surface area contributed by atoms with Crippen molar-refractivity contribution < 1.29 is 69.4 Å². The maximum atomic E-state index is 12.8. The van der Waals surface area contributed by atoms with Gasteiger partial charge in [-0.2, -0.15) is 0 Å². The number of hydrogen-bond donors (Lipinski definition) is 9. The molecule has 0 amide bonds. The van der Waals surface area contributed by atoms with E-state index < -0.39 is 88.6 Å². The minimum atomic E-state index is -1.91. The van der Waals surface area contributed by atoms with Gasteiger partial charge in [0.1, 0.15) is 47.8 Å². The summed E-state index contributed by atoms with van der Waals surface area (Å²) >= 11 is 0. The Bertz CT molecular complexity index is 1850. The van der Waals surface area contributed by atoms with Crippen molar-refractivity contribution in [2.75, 3.05) is 6.61 Å². The summed E-state index contributed by atoms with van der Waals surface area (Å²) in [5.41, 5.74) is -0.564. The fourth-order valence-corrected chi connectivity index (χ4v) is 4.48. The molecule has 0 bridgehead atoms. The van der Waals surface area contributed by atoms with Crippen LogP contribution in [0.15, 0.2) is 63.8 Å². The molecule has 0 spiro atoms. The zero-order valence-corrected chi connectivity index (χ0v) is 22.8. The van der Waals surface area contributed by atoms with Gasteiger partial charge in [0.2, 0.25) is 12.0 Å². The second-order valence-corrected chi connectivity index (χ2v) is 9.97. The van der Waals surface area contributed by atoms with Crippen LogP contribution in [0.2, 0.25) is 0 Å². The predicted octanol–water partition coefficient (Wildman–Crippen LogP) is 1.14. The Morgan fingerprint density at radius 3 is 2.18 bits per heavy atom. The summed E-state index contributed by atoms with van der Waals surface area (Å²) in [5.74, 6) is -5.15. The Hall–Kier alpha value is -5.48. The van der Waals surface area contributed by atoms with E-state index in [0.29, 0.717) is 5.56 Å². The highest BCUT2D eigenvalue weighted by Gasteiger charge is 2.46. The summed E-state index contributed by atoms with van der Waals surface area (Å²) in [6, 6.07) is 9.41. The number of aromatic hydroxyl groups is 6. The van der Waals surface area contributed by atoms with E-state index in [1.807, 2.05) is 0 Å². The third-order valence-corrected chi connectivity index (χ3v) is 6.90. The molecule has 0 saturated carbocycles. The fraction of sp³-hybridized carbons (Fsp3) is 0.200. The van der Waals surface area contributed by atoms with Crippen molar-refractivity contribution in [1.82, 2.24) is 0 Å². The van der Waals surface area contributed by atoms with Crippen molar-refractivity contribution >= 4 is 23.0 Å². The molecule has 5 unspecified atom stereocenters. The van der Waals surface area contributed by atoms with E-state index in [9.17, 15) is 55.5 Å². The number of carbonyl (C=O) groups is 1. The first-order valence-electron chi connectivity index (χ1n) is 13.1. The van der Waals surface area contributed by atoms with Crippen molar-refractivity contribution in [3.8, 4) is 51.6 Å². The maximum absolute atomic E-state index is 12.8. The van der Waals surface area contributed by atoms with Crippen molar-refractivity contribution in [2.45, 2.75) is 30.7 Å². The highest BCUT2D eigenvalue weighted by atomic mass is 16.7. The minimum Gasteiger partial charge on any atom is -0.504 e. The predicted molar refractivity (Wildman–Crippen MR) is 152 cm³/mol. The number of benzene rings is 3. The second-order valence-electron chi connectivity index (χ2n) is 9.97. The van der Waals surface area contributed by atoms with Crippen LogP contribution in [0.4, 0.5) is 0 Å². The molecule has 15 nitrogen and oxygen atoms in total. The minimum absolute atomic E-state index is 0.0931. The fourth-order valence-electron chi connectivity index (χ4n) is 4.48. The molecule has 1 aromatic heterocycles. The molecule has 5 atom stereocenters. The van der Waals surface area contributed by atoms with Crippen molar-refractivity contribution in [3.63, 3.8) is 0 Å². The van der Waals surface area contributed by atoms with Crippen molar-refractivity contribution in [2.24, 2.45) is 0 Å². The van der Waals surface area contributed by atoms with Crippen LogP contribution in [0.1, 0.15) is 5.56 Å². The van der Waals surface area contributed by atoms with Gasteiger partial charge >= 0.3 is 5.97 Å². The van der Waals surface area contributed by atoms with E-state index in [1.54, 1.807) is 0 Å².